The molecule has 0 radical (unpaired) electrons. The van der Waals surface area contributed by atoms with E-state index in [4.69, 9.17) is 14.9 Å². The number of hydrogen-bond donors (Lipinski definition) is 1. The molecule has 0 aliphatic carbocycles. The first-order chi connectivity index (χ1) is 8.69. The molecule has 5 heteroatoms. The molecule has 2 N–H and O–H groups in total. The Balaban J connectivity index is 2.06. The monoisotopic (exact) mass is 249 g/mol. The van der Waals surface area contributed by atoms with Gasteiger partial charge in [-0.05, 0) is 17.7 Å². The number of hydrogen-bond acceptors (Lipinski definition) is 4. The third-order valence-electron chi connectivity index (χ3n) is 2.36. The predicted molar refractivity (Wildman–Crippen MR) is 63.6 cm³/mol. The second kappa shape index (κ2) is 5.46. The van der Waals surface area contributed by atoms with Crippen molar-refractivity contribution in [3.8, 4) is 5.75 Å². The summed E-state index contributed by atoms with van der Waals surface area (Å²) in [5, 5.41) is 0. The molecule has 0 aliphatic rings. The number of halogens is 1. The molecule has 1 aromatic heterocycles. The van der Waals surface area contributed by atoms with E-state index in [1.807, 2.05) is 0 Å². The fourth-order valence-electron chi connectivity index (χ4n) is 1.39. The van der Waals surface area contributed by atoms with Crippen molar-refractivity contribution in [1.82, 2.24) is 0 Å². The van der Waals surface area contributed by atoms with Gasteiger partial charge in [0.15, 0.2) is 0 Å². The molecule has 18 heavy (non-hydrogen) atoms. The minimum absolute atomic E-state index is 0.108. The van der Waals surface area contributed by atoms with Gasteiger partial charge in [-0.3, -0.25) is 4.79 Å². The van der Waals surface area contributed by atoms with Crippen LogP contribution in [0.2, 0.25) is 0 Å². The fourth-order valence-corrected chi connectivity index (χ4v) is 1.39. The highest BCUT2D eigenvalue weighted by atomic mass is 19.1. The lowest BCUT2D eigenvalue weighted by atomic mass is 10.2. The normalized spacial score (nSPS) is 10.3. The van der Waals surface area contributed by atoms with Gasteiger partial charge in [0, 0.05) is 6.07 Å². The van der Waals surface area contributed by atoms with Gasteiger partial charge in [-0.25, -0.2) is 4.39 Å². The van der Waals surface area contributed by atoms with Crippen LogP contribution < -0.4 is 15.9 Å². The zero-order valence-corrected chi connectivity index (χ0v) is 9.56. The Morgan fingerprint density at radius 3 is 2.61 bits per heavy atom. The molecule has 0 bridgehead atoms. The van der Waals surface area contributed by atoms with E-state index in [-0.39, 0.29) is 30.1 Å². The van der Waals surface area contributed by atoms with E-state index in [1.54, 1.807) is 12.1 Å². The summed E-state index contributed by atoms with van der Waals surface area (Å²) in [4.78, 5) is 11.6. The van der Waals surface area contributed by atoms with Crippen LogP contribution in [0.3, 0.4) is 0 Å². The summed E-state index contributed by atoms with van der Waals surface area (Å²) in [5.41, 5.74) is 5.81. The second-order valence-corrected chi connectivity index (χ2v) is 3.69. The van der Waals surface area contributed by atoms with Gasteiger partial charge in [-0.2, -0.15) is 0 Å². The standard InChI is InChI=1S/C13H12FNO3/c14-10-3-1-9(2-4-10)7-18-13-8-17-11(6-15)5-12(13)16/h1-5,8H,6-7,15H2. The van der Waals surface area contributed by atoms with Crippen molar-refractivity contribution < 1.29 is 13.5 Å². The van der Waals surface area contributed by atoms with Gasteiger partial charge in [0.05, 0.1) is 6.54 Å². The Morgan fingerprint density at radius 1 is 1.28 bits per heavy atom. The minimum Gasteiger partial charge on any atom is -0.482 e. The summed E-state index contributed by atoms with van der Waals surface area (Å²) in [5.74, 6) is 0.191. The third kappa shape index (κ3) is 2.95. The molecule has 1 aromatic carbocycles. The first-order valence-electron chi connectivity index (χ1n) is 5.38. The second-order valence-electron chi connectivity index (χ2n) is 3.69. The molecule has 0 fully saturated rings. The van der Waals surface area contributed by atoms with Gasteiger partial charge < -0.3 is 14.9 Å². The molecule has 2 rings (SSSR count). The number of benzene rings is 1. The zero-order valence-electron chi connectivity index (χ0n) is 9.56. The average molecular weight is 249 g/mol. The molecule has 0 amide bonds. The quantitative estimate of drug-likeness (QED) is 0.897. The van der Waals surface area contributed by atoms with E-state index < -0.39 is 0 Å². The maximum Gasteiger partial charge on any atom is 0.227 e. The SMILES string of the molecule is NCc1cc(=O)c(OCc2ccc(F)cc2)co1. The molecule has 0 spiro atoms. The van der Waals surface area contributed by atoms with Gasteiger partial charge in [0.1, 0.15) is 24.4 Å². The Hall–Kier alpha value is -2.14. The smallest absolute Gasteiger partial charge is 0.227 e. The summed E-state index contributed by atoms with van der Waals surface area (Å²) in [6.07, 6.45) is 1.23. The largest absolute Gasteiger partial charge is 0.482 e. The van der Waals surface area contributed by atoms with Gasteiger partial charge in [0.2, 0.25) is 11.2 Å². The molecular formula is C13H12FNO3. The predicted octanol–water partition coefficient (Wildman–Crippen LogP) is 1.82. The highest BCUT2D eigenvalue weighted by Crippen LogP contribution is 2.09. The zero-order chi connectivity index (χ0) is 13.0. The number of nitrogens with two attached hydrogens (primary N) is 1. The van der Waals surface area contributed by atoms with Crippen LogP contribution in [0.25, 0.3) is 0 Å². The average Bonchev–Trinajstić information content (AvgIpc) is 2.39. The van der Waals surface area contributed by atoms with Gasteiger partial charge in [-0.15, -0.1) is 0 Å². The summed E-state index contributed by atoms with van der Waals surface area (Å²) < 4.78 is 23.1. The van der Waals surface area contributed by atoms with Crippen LogP contribution >= 0.6 is 0 Å². The summed E-state index contributed by atoms with van der Waals surface area (Å²) in [7, 11) is 0. The molecule has 0 atom stereocenters. The van der Waals surface area contributed by atoms with Crippen LogP contribution in [0.4, 0.5) is 4.39 Å². The van der Waals surface area contributed by atoms with Crippen LogP contribution in [-0.2, 0) is 13.2 Å². The van der Waals surface area contributed by atoms with Crippen LogP contribution in [0, 0.1) is 5.82 Å². The molecule has 1 heterocycles. The van der Waals surface area contributed by atoms with Gasteiger partial charge in [-0.1, -0.05) is 12.1 Å². The number of rotatable bonds is 4. The van der Waals surface area contributed by atoms with Crippen LogP contribution in [0.15, 0.2) is 45.8 Å². The molecule has 4 nitrogen and oxygen atoms in total. The van der Waals surface area contributed by atoms with Crippen molar-refractivity contribution in [2.75, 3.05) is 0 Å². The van der Waals surface area contributed by atoms with Crippen LogP contribution in [0.5, 0.6) is 5.75 Å². The van der Waals surface area contributed by atoms with E-state index in [9.17, 15) is 9.18 Å². The summed E-state index contributed by atoms with van der Waals surface area (Å²) in [6, 6.07) is 7.13. The molecule has 0 aliphatic heterocycles. The van der Waals surface area contributed by atoms with Gasteiger partial charge in [0.25, 0.3) is 0 Å². The van der Waals surface area contributed by atoms with E-state index in [0.717, 1.165) is 5.56 Å². The third-order valence-corrected chi connectivity index (χ3v) is 2.36. The summed E-state index contributed by atoms with van der Waals surface area (Å²) in [6.45, 7) is 0.334. The summed E-state index contributed by atoms with van der Waals surface area (Å²) >= 11 is 0. The molecule has 0 saturated carbocycles. The van der Waals surface area contributed by atoms with Crippen LogP contribution in [0.1, 0.15) is 11.3 Å². The molecule has 2 aromatic rings. The van der Waals surface area contributed by atoms with Crippen molar-refractivity contribution in [2.24, 2.45) is 5.73 Å². The Bertz CT molecular complexity index is 578. The highest BCUT2D eigenvalue weighted by Gasteiger charge is 2.04. The maximum atomic E-state index is 12.7. The topological polar surface area (TPSA) is 65.5 Å². The first kappa shape index (κ1) is 12.3. The first-order valence-corrected chi connectivity index (χ1v) is 5.38. The molecule has 94 valence electrons. The molecule has 0 saturated heterocycles. The Labute approximate surface area is 103 Å². The minimum atomic E-state index is -0.314. The van der Waals surface area contributed by atoms with Crippen molar-refractivity contribution in [2.45, 2.75) is 13.2 Å². The number of ether oxygens (including phenoxy) is 1. The fraction of sp³-hybridized carbons (Fsp3) is 0.154. The van der Waals surface area contributed by atoms with E-state index in [2.05, 4.69) is 0 Å². The van der Waals surface area contributed by atoms with E-state index >= 15 is 0 Å². The van der Waals surface area contributed by atoms with E-state index in [0.29, 0.717) is 5.76 Å². The highest BCUT2D eigenvalue weighted by molar-refractivity contribution is 5.20. The van der Waals surface area contributed by atoms with Gasteiger partial charge >= 0.3 is 0 Å². The van der Waals surface area contributed by atoms with Crippen LogP contribution in [-0.4, -0.2) is 0 Å². The maximum absolute atomic E-state index is 12.7. The van der Waals surface area contributed by atoms with Crippen molar-refractivity contribution >= 4 is 0 Å². The lowest BCUT2D eigenvalue weighted by Gasteiger charge is -2.05. The molecule has 0 unspecified atom stereocenters. The Kier molecular flexibility index (Phi) is 3.74. The van der Waals surface area contributed by atoms with Crippen molar-refractivity contribution in [3.05, 3.63) is 64.0 Å². The lowest BCUT2D eigenvalue weighted by molar-refractivity contribution is 0.289. The molecular weight excluding hydrogens is 237 g/mol. The Morgan fingerprint density at radius 2 is 2.00 bits per heavy atom. The lowest BCUT2D eigenvalue weighted by Crippen LogP contribution is -2.09. The van der Waals surface area contributed by atoms with E-state index in [1.165, 1.54) is 24.5 Å². The van der Waals surface area contributed by atoms with Crippen molar-refractivity contribution in [3.63, 3.8) is 0 Å². The van der Waals surface area contributed by atoms with Crippen molar-refractivity contribution in [1.29, 1.82) is 0 Å².